The first-order valence-electron chi connectivity index (χ1n) is 5.74. The van der Waals surface area contributed by atoms with E-state index in [1.165, 1.54) is 6.92 Å². The van der Waals surface area contributed by atoms with E-state index in [2.05, 4.69) is 4.74 Å². The predicted molar refractivity (Wildman–Crippen MR) is 64.5 cm³/mol. The van der Waals surface area contributed by atoms with E-state index < -0.39 is 50.3 Å². The van der Waals surface area contributed by atoms with Crippen LogP contribution in [-0.2, 0) is 14.6 Å². The van der Waals surface area contributed by atoms with Crippen LogP contribution in [-0.4, -0.2) is 33.1 Å². The highest BCUT2D eigenvalue weighted by Crippen LogP contribution is 2.37. The number of esters is 1. The van der Waals surface area contributed by atoms with Gasteiger partial charge in [0, 0.05) is 6.42 Å². The minimum absolute atomic E-state index is 0.322. The lowest BCUT2D eigenvalue weighted by Gasteiger charge is -2.12. The Morgan fingerprint density at radius 2 is 2.10 bits per heavy atom. The summed E-state index contributed by atoms with van der Waals surface area (Å²) in [5.41, 5.74) is -2.54. The number of ether oxygens (including phenoxy) is 2. The standard InChI is InChI=1S/C12H12F2O5S/c1-6-3-10(14)20(16,17)9-5-7(12(15)18-2)4-8(13)11(9)19-6/h4-6,10H,3H2,1-2H3/t6-,10-/m0/s1. The number of hydrogen-bond donors (Lipinski definition) is 0. The molecule has 1 aromatic rings. The minimum Gasteiger partial charge on any atom is -0.486 e. The number of sulfone groups is 1. The van der Waals surface area contributed by atoms with Crippen molar-refractivity contribution in [3.05, 3.63) is 23.5 Å². The van der Waals surface area contributed by atoms with Crippen LogP contribution in [0.3, 0.4) is 0 Å². The van der Waals surface area contributed by atoms with Crippen molar-refractivity contribution < 1.29 is 31.5 Å². The van der Waals surface area contributed by atoms with Crippen LogP contribution >= 0.6 is 0 Å². The third-order valence-corrected chi connectivity index (χ3v) is 4.69. The molecule has 0 aromatic heterocycles. The number of rotatable bonds is 1. The molecule has 0 radical (unpaired) electrons. The molecule has 1 aliphatic rings. The van der Waals surface area contributed by atoms with Crippen LogP contribution in [0.2, 0.25) is 0 Å². The summed E-state index contributed by atoms with van der Waals surface area (Å²) in [7, 11) is -3.35. The Hall–Kier alpha value is -1.70. The quantitative estimate of drug-likeness (QED) is 0.741. The number of methoxy groups -OCH3 is 1. The van der Waals surface area contributed by atoms with Gasteiger partial charge in [-0.15, -0.1) is 0 Å². The molecule has 5 nitrogen and oxygen atoms in total. The van der Waals surface area contributed by atoms with Crippen molar-refractivity contribution in [1.29, 1.82) is 0 Å². The Morgan fingerprint density at radius 3 is 2.70 bits per heavy atom. The van der Waals surface area contributed by atoms with Crippen molar-refractivity contribution >= 4 is 15.8 Å². The fourth-order valence-electron chi connectivity index (χ4n) is 1.90. The van der Waals surface area contributed by atoms with E-state index in [1.54, 1.807) is 0 Å². The number of fused-ring (bicyclic) bond motifs is 1. The van der Waals surface area contributed by atoms with Crippen molar-refractivity contribution in [3.8, 4) is 5.75 Å². The SMILES string of the molecule is COC(=O)c1cc(F)c2c(c1)S(=O)(=O)[C@H](F)C[C@H](C)O2. The van der Waals surface area contributed by atoms with Gasteiger partial charge in [0.2, 0.25) is 15.3 Å². The van der Waals surface area contributed by atoms with E-state index in [-0.39, 0.29) is 5.56 Å². The molecule has 110 valence electrons. The van der Waals surface area contributed by atoms with E-state index in [4.69, 9.17) is 4.74 Å². The number of alkyl halides is 1. The molecule has 1 heterocycles. The minimum atomic E-state index is -4.42. The first kappa shape index (κ1) is 14.7. The third-order valence-electron chi connectivity index (χ3n) is 2.91. The molecular formula is C12H12F2O5S. The molecule has 8 heteroatoms. The van der Waals surface area contributed by atoms with Gasteiger partial charge in [0.15, 0.2) is 11.6 Å². The number of carbonyl (C=O) groups is 1. The highest BCUT2D eigenvalue weighted by molar-refractivity contribution is 7.92. The first-order valence-corrected chi connectivity index (χ1v) is 7.28. The second kappa shape index (κ2) is 5.01. The molecule has 0 spiro atoms. The lowest BCUT2D eigenvalue weighted by molar-refractivity contribution is 0.0599. The molecule has 20 heavy (non-hydrogen) atoms. The van der Waals surface area contributed by atoms with Crippen LogP contribution in [0.15, 0.2) is 17.0 Å². The summed E-state index contributed by atoms with van der Waals surface area (Å²) < 4.78 is 61.3. The van der Waals surface area contributed by atoms with Crippen LogP contribution in [0, 0.1) is 5.82 Å². The largest absolute Gasteiger partial charge is 0.486 e. The number of carbonyl (C=O) groups excluding carboxylic acids is 1. The molecule has 0 amide bonds. The highest BCUT2D eigenvalue weighted by Gasteiger charge is 2.38. The fourth-order valence-corrected chi connectivity index (χ4v) is 3.40. The Morgan fingerprint density at radius 1 is 1.45 bits per heavy atom. The highest BCUT2D eigenvalue weighted by atomic mass is 32.2. The van der Waals surface area contributed by atoms with Gasteiger partial charge in [-0.2, -0.15) is 0 Å². The maximum atomic E-state index is 13.9. The monoisotopic (exact) mass is 306 g/mol. The van der Waals surface area contributed by atoms with Crippen molar-refractivity contribution in [3.63, 3.8) is 0 Å². The van der Waals surface area contributed by atoms with Gasteiger partial charge >= 0.3 is 5.97 Å². The second-order valence-corrected chi connectivity index (χ2v) is 6.44. The Labute approximate surface area is 114 Å². The number of benzene rings is 1. The fraction of sp³-hybridized carbons (Fsp3) is 0.417. The van der Waals surface area contributed by atoms with Crippen LogP contribution in [0.4, 0.5) is 8.78 Å². The van der Waals surface area contributed by atoms with Crippen molar-refractivity contribution in [2.75, 3.05) is 7.11 Å². The van der Waals surface area contributed by atoms with Crippen LogP contribution in [0.1, 0.15) is 23.7 Å². The number of hydrogen-bond acceptors (Lipinski definition) is 5. The average molecular weight is 306 g/mol. The topological polar surface area (TPSA) is 69.7 Å². The zero-order valence-electron chi connectivity index (χ0n) is 10.7. The summed E-state index contributed by atoms with van der Waals surface area (Å²) in [6.45, 7) is 1.44. The molecular weight excluding hydrogens is 294 g/mol. The van der Waals surface area contributed by atoms with Gasteiger partial charge in [0.1, 0.15) is 4.90 Å². The van der Waals surface area contributed by atoms with Gasteiger partial charge in [-0.05, 0) is 19.1 Å². The summed E-state index contributed by atoms with van der Waals surface area (Å²) in [6, 6.07) is 1.66. The van der Waals surface area contributed by atoms with E-state index in [0.717, 1.165) is 19.2 Å². The molecule has 0 N–H and O–H groups in total. The lowest BCUT2D eigenvalue weighted by Crippen LogP contribution is -2.20. The zero-order chi connectivity index (χ0) is 15.1. The van der Waals surface area contributed by atoms with E-state index >= 15 is 0 Å². The molecule has 2 atom stereocenters. The van der Waals surface area contributed by atoms with Gasteiger partial charge in [-0.25, -0.2) is 22.0 Å². The van der Waals surface area contributed by atoms with E-state index in [1.807, 2.05) is 0 Å². The number of halogens is 2. The molecule has 0 fully saturated rings. The van der Waals surface area contributed by atoms with Crippen LogP contribution in [0.5, 0.6) is 5.75 Å². The molecule has 0 aliphatic carbocycles. The lowest BCUT2D eigenvalue weighted by atomic mass is 10.2. The summed E-state index contributed by atoms with van der Waals surface area (Å²) in [4.78, 5) is 10.7. The molecule has 2 rings (SSSR count). The summed E-state index contributed by atoms with van der Waals surface area (Å²) >= 11 is 0. The zero-order valence-corrected chi connectivity index (χ0v) is 11.5. The maximum Gasteiger partial charge on any atom is 0.337 e. The molecule has 0 saturated carbocycles. The second-order valence-electron chi connectivity index (χ2n) is 4.40. The van der Waals surface area contributed by atoms with E-state index in [0.29, 0.717) is 0 Å². The normalized spacial score (nSPS) is 24.2. The Kier molecular flexibility index (Phi) is 3.68. The van der Waals surface area contributed by atoms with Gasteiger partial charge in [0.05, 0.1) is 18.8 Å². The van der Waals surface area contributed by atoms with Crippen molar-refractivity contribution in [2.24, 2.45) is 0 Å². The van der Waals surface area contributed by atoms with E-state index in [9.17, 15) is 22.0 Å². The predicted octanol–water partition coefficient (Wildman–Crippen LogP) is 1.85. The van der Waals surface area contributed by atoms with Gasteiger partial charge < -0.3 is 9.47 Å². The molecule has 1 aromatic carbocycles. The van der Waals surface area contributed by atoms with Crippen molar-refractivity contribution in [2.45, 2.75) is 29.8 Å². The average Bonchev–Trinajstić information content (AvgIpc) is 2.46. The molecule has 0 bridgehead atoms. The van der Waals surface area contributed by atoms with Gasteiger partial charge in [0.25, 0.3) is 0 Å². The summed E-state index contributed by atoms with van der Waals surface area (Å²) in [5, 5.41) is 0. The molecule has 0 saturated heterocycles. The van der Waals surface area contributed by atoms with Crippen LogP contribution < -0.4 is 4.74 Å². The first-order chi connectivity index (χ1) is 9.27. The van der Waals surface area contributed by atoms with Crippen molar-refractivity contribution in [1.82, 2.24) is 0 Å². The Bertz CT molecular complexity index is 656. The summed E-state index contributed by atoms with van der Waals surface area (Å²) in [5.74, 6) is -2.53. The Balaban J connectivity index is 2.71. The van der Waals surface area contributed by atoms with Gasteiger partial charge in [-0.3, -0.25) is 0 Å². The molecule has 0 unspecified atom stereocenters. The summed E-state index contributed by atoms with van der Waals surface area (Å²) in [6.07, 6.45) is -1.22. The van der Waals surface area contributed by atoms with Gasteiger partial charge in [-0.1, -0.05) is 0 Å². The molecule has 1 aliphatic heterocycles. The third kappa shape index (κ3) is 2.35. The van der Waals surface area contributed by atoms with Crippen LogP contribution in [0.25, 0.3) is 0 Å². The maximum absolute atomic E-state index is 13.9. The smallest absolute Gasteiger partial charge is 0.337 e.